The van der Waals surface area contributed by atoms with Crippen molar-refractivity contribution < 1.29 is 22.3 Å². The van der Waals surface area contributed by atoms with E-state index in [1.54, 1.807) is 0 Å². The molecule has 1 aromatic rings. The maximum Gasteiger partial charge on any atom is 0.400 e. The smallest absolute Gasteiger partial charge is 0.400 e. The van der Waals surface area contributed by atoms with Gasteiger partial charge in [-0.15, -0.1) is 0 Å². The van der Waals surface area contributed by atoms with Gasteiger partial charge in [0, 0.05) is 0 Å². The Balaban J connectivity index is 1.55. The van der Waals surface area contributed by atoms with E-state index in [9.17, 15) is 17.6 Å². The third-order valence-corrected chi connectivity index (χ3v) is 6.68. The fourth-order valence-corrected chi connectivity index (χ4v) is 4.94. The zero-order valence-electron chi connectivity index (χ0n) is 16.7. The second-order valence-corrected chi connectivity index (χ2v) is 8.48. The van der Waals surface area contributed by atoms with Crippen LogP contribution in [0.5, 0.6) is 5.75 Å². The summed E-state index contributed by atoms with van der Waals surface area (Å²) in [5, 5.41) is 0. The Hall–Kier alpha value is -1.52. The Labute approximate surface area is 165 Å². The van der Waals surface area contributed by atoms with Gasteiger partial charge in [0.25, 0.3) is 0 Å². The molecule has 0 spiro atoms. The van der Waals surface area contributed by atoms with Gasteiger partial charge in [-0.05, 0) is 94.6 Å². The monoisotopic (exact) mass is 398 g/mol. The van der Waals surface area contributed by atoms with Gasteiger partial charge < -0.3 is 4.74 Å². The Morgan fingerprint density at radius 2 is 1.46 bits per heavy atom. The summed E-state index contributed by atoms with van der Waals surface area (Å²) in [7, 11) is 0. The zero-order chi connectivity index (χ0) is 20.3. The molecule has 1 nitrogen and oxygen atoms in total. The first kappa shape index (κ1) is 21.2. The van der Waals surface area contributed by atoms with Gasteiger partial charge in [-0.3, -0.25) is 0 Å². The van der Waals surface area contributed by atoms with E-state index in [4.69, 9.17) is 0 Å². The number of ether oxygens (including phenoxy) is 1. The molecule has 0 N–H and O–H groups in total. The highest BCUT2D eigenvalue weighted by atomic mass is 19.3. The minimum absolute atomic E-state index is 0.0674. The molecule has 5 heteroatoms. The van der Waals surface area contributed by atoms with Crippen LogP contribution in [0.3, 0.4) is 0 Å². The summed E-state index contributed by atoms with van der Waals surface area (Å²) < 4.78 is 61.4. The third kappa shape index (κ3) is 4.72. The average molecular weight is 398 g/mol. The van der Waals surface area contributed by atoms with Crippen molar-refractivity contribution in [3.05, 3.63) is 41.5 Å². The van der Waals surface area contributed by atoms with Crippen LogP contribution in [0.25, 0.3) is 0 Å². The van der Waals surface area contributed by atoms with Crippen molar-refractivity contribution in [3.63, 3.8) is 0 Å². The van der Waals surface area contributed by atoms with Crippen LogP contribution in [0.4, 0.5) is 17.6 Å². The first-order chi connectivity index (χ1) is 13.3. The Morgan fingerprint density at radius 1 is 0.893 bits per heavy atom. The van der Waals surface area contributed by atoms with Crippen molar-refractivity contribution in [2.45, 2.75) is 71.3 Å². The molecule has 1 aromatic carbocycles. The quantitative estimate of drug-likeness (QED) is 0.370. The highest BCUT2D eigenvalue weighted by Gasteiger charge is 2.45. The lowest BCUT2D eigenvalue weighted by Gasteiger charge is -2.39. The van der Waals surface area contributed by atoms with Gasteiger partial charge in [-0.1, -0.05) is 18.2 Å². The number of alkyl halides is 2. The molecule has 2 saturated carbocycles. The zero-order valence-corrected chi connectivity index (χ0v) is 16.7. The Kier molecular flexibility index (Phi) is 6.72. The predicted octanol–water partition coefficient (Wildman–Crippen LogP) is 7.43. The van der Waals surface area contributed by atoms with Crippen molar-refractivity contribution in [2.75, 3.05) is 0 Å². The molecule has 0 unspecified atom stereocenters. The second-order valence-electron chi connectivity index (χ2n) is 8.48. The highest BCUT2D eigenvalue weighted by Crippen LogP contribution is 2.45. The van der Waals surface area contributed by atoms with Crippen LogP contribution < -0.4 is 4.74 Å². The van der Waals surface area contributed by atoms with E-state index in [-0.39, 0.29) is 5.56 Å². The standard InChI is InChI=1S/C23H30F4O/c1-3-4-16-6-8-17(9-7-16)18-10-12-19(13-11-18)23(26,27)28-20-14-5-15(2)21(24)22(20)25/h3-5,14,16-19H,6-13H2,1-2H3. The van der Waals surface area contributed by atoms with E-state index in [1.807, 2.05) is 6.92 Å². The number of hydrogen-bond donors (Lipinski definition) is 0. The molecule has 156 valence electrons. The number of halogens is 4. The minimum atomic E-state index is -3.49. The molecule has 2 aliphatic carbocycles. The van der Waals surface area contributed by atoms with E-state index in [1.165, 1.54) is 38.7 Å². The van der Waals surface area contributed by atoms with Crippen molar-refractivity contribution in [2.24, 2.45) is 23.7 Å². The topological polar surface area (TPSA) is 9.23 Å². The second kappa shape index (κ2) is 8.87. The molecule has 0 amide bonds. The fourth-order valence-electron chi connectivity index (χ4n) is 4.94. The summed E-state index contributed by atoms with van der Waals surface area (Å²) in [5.41, 5.74) is 0.0674. The molecule has 3 rings (SSSR count). The maximum absolute atomic E-state index is 14.6. The van der Waals surface area contributed by atoms with Crippen molar-refractivity contribution in [1.29, 1.82) is 0 Å². The van der Waals surface area contributed by atoms with Gasteiger partial charge in [-0.2, -0.15) is 13.2 Å². The van der Waals surface area contributed by atoms with E-state index < -0.39 is 29.4 Å². The lowest BCUT2D eigenvalue weighted by Crippen LogP contribution is -2.38. The van der Waals surface area contributed by atoms with Crippen LogP contribution in [0.2, 0.25) is 0 Å². The van der Waals surface area contributed by atoms with Crippen LogP contribution in [-0.4, -0.2) is 6.11 Å². The molecule has 0 aliphatic heterocycles. The number of hydrogen-bond acceptors (Lipinski definition) is 1. The summed E-state index contributed by atoms with van der Waals surface area (Å²) in [6.45, 7) is 3.43. The fraction of sp³-hybridized carbons (Fsp3) is 0.652. The normalized spacial score (nSPS) is 29.2. The van der Waals surface area contributed by atoms with Crippen LogP contribution in [0, 0.1) is 42.2 Å². The van der Waals surface area contributed by atoms with Gasteiger partial charge in [0.15, 0.2) is 11.6 Å². The van der Waals surface area contributed by atoms with E-state index in [0.29, 0.717) is 30.6 Å². The van der Waals surface area contributed by atoms with Crippen LogP contribution >= 0.6 is 0 Å². The van der Waals surface area contributed by atoms with E-state index in [0.717, 1.165) is 18.9 Å². The molecule has 0 radical (unpaired) electrons. The average Bonchev–Trinajstić information content (AvgIpc) is 2.69. The molecule has 2 aliphatic rings. The SMILES string of the molecule is CC=CC1CCC(C2CCC(C(F)(F)Oc3ccc(C)c(F)c3F)CC2)CC1. The molecule has 0 saturated heterocycles. The van der Waals surface area contributed by atoms with Crippen molar-refractivity contribution >= 4 is 0 Å². The number of allylic oxidation sites excluding steroid dienone is 2. The minimum Gasteiger partial charge on any atom is -0.429 e. The van der Waals surface area contributed by atoms with E-state index >= 15 is 0 Å². The highest BCUT2D eigenvalue weighted by molar-refractivity contribution is 5.30. The van der Waals surface area contributed by atoms with Crippen LogP contribution in [-0.2, 0) is 0 Å². The molecule has 0 atom stereocenters. The first-order valence-electron chi connectivity index (χ1n) is 10.5. The molecule has 0 aromatic heterocycles. The molecular formula is C23H30F4O. The van der Waals surface area contributed by atoms with Gasteiger partial charge in [0.1, 0.15) is 0 Å². The van der Waals surface area contributed by atoms with Gasteiger partial charge in [0.05, 0.1) is 5.92 Å². The number of benzene rings is 1. The van der Waals surface area contributed by atoms with Gasteiger partial charge >= 0.3 is 6.11 Å². The molecule has 0 heterocycles. The number of aryl methyl sites for hydroxylation is 1. The summed E-state index contributed by atoms with van der Waals surface area (Å²) in [6, 6.07) is 2.33. The Bertz CT molecular complexity index is 684. The van der Waals surface area contributed by atoms with Crippen LogP contribution in [0.1, 0.15) is 63.9 Å². The molecular weight excluding hydrogens is 368 g/mol. The van der Waals surface area contributed by atoms with Crippen molar-refractivity contribution in [3.8, 4) is 5.75 Å². The third-order valence-electron chi connectivity index (χ3n) is 6.68. The molecule has 2 fully saturated rings. The summed E-state index contributed by atoms with van der Waals surface area (Å²) in [4.78, 5) is 0. The van der Waals surface area contributed by atoms with Gasteiger partial charge in [-0.25, -0.2) is 4.39 Å². The molecule has 28 heavy (non-hydrogen) atoms. The summed E-state index contributed by atoms with van der Waals surface area (Å²) in [6.07, 6.45) is 7.86. The van der Waals surface area contributed by atoms with Crippen LogP contribution in [0.15, 0.2) is 24.3 Å². The van der Waals surface area contributed by atoms with Crippen molar-refractivity contribution in [1.82, 2.24) is 0 Å². The summed E-state index contributed by atoms with van der Waals surface area (Å²) in [5.74, 6) is -2.35. The predicted molar refractivity (Wildman–Crippen MR) is 102 cm³/mol. The van der Waals surface area contributed by atoms with E-state index in [2.05, 4.69) is 16.9 Å². The lowest BCUT2D eigenvalue weighted by atomic mass is 9.69. The Morgan fingerprint density at radius 3 is 2.04 bits per heavy atom. The summed E-state index contributed by atoms with van der Waals surface area (Å²) >= 11 is 0. The molecule has 0 bridgehead atoms. The first-order valence-corrected chi connectivity index (χ1v) is 10.5. The van der Waals surface area contributed by atoms with Gasteiger partial charge in [0.2, 0.25) is 5.82 Å². The lowest BCUT2D eigenvalue weighted by molar-refractivity contribution is -0.225. The number of rotatable bonds is 5. The maximum atomic E-state index is 14.6. The largest absolute Gasteiger partial charge is 0.429 e.